The van der Waals surface area contributed by atoms with Gasteiger partial charge in [-0.3, -0.25) is 4.79 Å². The van der Waals surface area contributed by atoms with Crippen LogP contribution in [-0.2, 0) is 6.42 Å². The van der Waals surface area contributed by atoms with Crippen LogP contribution in [-0.4, -0.2) is 38.3 Å². The molecule has 31 heavy (non-hydrogen) atoms. The van der Waals surface area contributed by atoms with E-state index in [4.69, 9.17) is 18.6 Å². The van der Waals surface area contributed by atoms with Crippen LogP contribution in [0.5, 0.6) is 17.2 Å². The number of rotatable bonds is 4. The van der Waals surface area contributed by atoms with Gasteiger partial charge in [-0.1, -0.05) is 19.4 Å². The zero-order valence-electron chi connectivity index (χ0n) is 17.9. The second-order valence-electron chi connectivity index (χ2n) is 7.66. The minimum atomic E-state index is -0.483. The Hall–Kier alpha value is -3.48. The number of carbonyl (C=O) groups is 1. The van der Waals surface area contributed by atoms with Gasteiger partial charge >= 0.3 is 6.09 Å². The summed E-state index contributed by atoms with van der Waals surface area (Å²) in [7, 11) is 3.23. The van der Waals surface area contributed by atoms with Crippen LogP contribution < -0.4 is 19.6 Å². The van der Waals surface area contributed by atoms with E-state index in [0.717, 1.165) is 18.4 Å². The maximum atomic E-state index is 13.3. The molecule has 4 rings (SSSR count). The molecular formula is C24H25NO6. The number of aryl methyl sites for hydroxylation is 1. The Bertz CT molecular complexity index is 1180. The first-order chi connectivity index (χ1) is 15.0. The van der Waals surface area contributed by atoms with E-state index in [1.807, 2.05) is 19.1 Å². The van der Waals surface area contributed by atoms with Crippen LogP contribution in [0.1, 0.15) is 25.3 Å². The second-order valence-corrected chi connectivity index (χ2v) is 7.66. The summed E-state index contributed by atoms with van der Waals surface area (Å²) in [4.78, 5) is 26.7. The van der Waals surface area contributed by atoms with Crippen molar-refractivity contribution in [2.75, 3.05) is 27.3 Å². The Morgan fingerprint density at radius 1 is 1.10 bits per heavy atom. The van der Waals surface area contributed by atoms with E-state index in [9.17, 15) is 9.59 Å². The van der Waals surface area contributed by atoms with Crippen LogP contribution in [0.25, 0.3) is 22.1 Å². The lowest BCUT2D eigenvalue weighted by atomic mass is 10.0. The van der Waals surface area contributed by atoms with Crippen molar-refractivity contribution in [2.45, 2.75) is 26.2 Å². The van der Waals surface area contributed by atoms with Crippen LogP contribution in [0.3, 0.4) is 0 Å². The molecule has 1 aromatic heterocycles. The number of amides is 1. The van der Waals surface area contributed by atoms with Crippen molar-refractivity contribution < 1.29 is 23.4 Å². The molecule has 1 amide bonds. The normalized spacial score (nSPS) is 13.0. The first kappa shape index (κ1) is 20.8. The van der Waals surface area contributed by atoms with Crippen LogP contribution in [0.15, 0.2) is 45.8 Å². The Morgan fingerprint density at radius 3 is 2.61 bits per heavy atom. The average Bonchev–Trinajstić information content (AvgIpc) is 3.00. The molecule has 7 nitrogen and oxygen atoms in total. The van der Waals surface area contributed by atoms with Crippen molar-refractivity contribution in [1.29, 1.82) is 0 Å². The van der Waals surface area contributed by atoms with Crippen molar-refractivity contribution in [3.63, 3.8) is 0 Å². The lowest BCUT2D eigenvalue weighted by Gasteiger charge is -2.14. The zero-order valence-corrected chi connectivity index (χ0v) is 17.9. The first-order valence-corrected chi connectivity index (χ1v) is 10.4. The van der Waals surface area contributed by atoms with E-state index >= 15 is 0 Å². The van der Waals surface area contributed by atoms with Crippen molar-refractivity contribution in [3.05, 3.63) is 52.4 Å². The largest absolute Gasteiger partial charge is 0.490 e. The smallest absolute Gasteiger partial charge is 0.414 e. The van der Waals surface area contributed by atoms with Gasteiger partial charge in [0.25, 0.3) is 0 Å². The molecule has 0 N–H and O–H groups in total. The van der Waals surface area contributed by atoms with E-state index in [-0.39, 0.29) is 5.43 Å². The Morgan fingerprint density at radius 2 is 1.87 bits per heavy atom. The van der Waals surface area contributed by atoms with Crippen LogP contribution in [0.4, 0.5) is 4.79 Å². The van der Waals surface area contributed by atoms with Gasteiger partial charge < -0.3 is 23.5 Å². The van der Waals surface area contributed by atoms with Gasteiger partial charge in [-0.15, -0.1) is 0 Å². The summed E-state index contributed by atoms with van der Waals surface area (Å²) >= 11 is 0. The maximum Gasteiger partial charge on any atom is 0.414 e. The number of ether oxygens (including phenoxy) is 3. The van der Waals surface area contributed by atoms with E-state index in [0.29, 0.717) is 59.0 Å². The summed E-state index contributed by atoms with van der Waals surface area (Å²) in [5, 5.41) is 0.442. The number of hydrogen-bond donors (Lipinski definition) is 0. The number of nitrogens with zero attached hydrogens (tertiary/aromatic N) is 1. The third-order valence-corrected chi connectivity index (χ3v) is 5.10. The summed E-state index contributed by atoms with van der Waals surface area (Å²) < 4.78 is 22.7. The molecular weight excluding hydrogens is 398 g/mol. The fraction of sp³-hybridized carbons (Fsp3) is 0.333. The molecule has 0 saturated carbocycles. The van der Waals surface area contributed by atoms with Crippen molar-refractivity contribution in [2.24, 2.45) is 0 Å². The highest BCUT2D eigenvalue weighted by Gasteiger charge is 2.18. The van der Waals surface area contributed by atoms with Gasteiger partial charge in [-0.05, 0) is 35.7 Å². The molecule has 0 unspecified atom stereocenters. The van der Waals surface area contributed by atoms with Crippen LogP contribution >= 0.6 is 0 Å². The number of carbonyl (C=O) groups excluding carboxylic acids is 1. The molecule has 0 fully saturated rings. The summed E-state index contributed by atoms with van der Waals surface area (Å²) in [6.45, 7) is 3.20. The monoisotopic (exact) mass is 423 g/mol. The van der Waals surface area contributed by atoms with Crippen molar-refractivity contribution >= 4 is 17.1 Å². The third-order valence-electron chi connectivity index (χ3n) is 5.10. The maximum absolute atomic E-state index is 13.3. The fourth-order valence-electron chi connectivity index (χ4n) is 3.48. The first-order valence-electron chi connectivity index (χ1n) is 10.4. The second kappa shape index (κ2) is 8.71. The Labute approximate surface area is 180 Å². The van der Waals surface area contributed by atoms with Gasteiger partial charge in [-0.25, -0.2) is 4.79 Å². The van der Waals surface area contributed by atoms with Gasteiger partial charge in [0.05, 0.1) is 24.2 Å². The van der Waals surface area contributed by atoms with Gasteiger partial charge in [0.1, 0.15) is 17.6 Å². The van der Waals surface area contributed by atoms with Crippen molar-refractivity contribution in [3.8, 4) is 28.4 Å². The summed E-state index contributed by atoms with van der Waals surface area (Å²) in [6, 6.07) is 8.81. The van der Waals surface area contributed by atoms with E-state index in [1.54, 1.807) is 32.3 Å². The highest BCUT2D eigenvalue weighted by atomic mass is 16.6. The van der Waals surface area contributed by atoms with Gasteiger partial charge in [0.2, 0.25) is 5.43 Å². The molecule has 0 saturated heterocycles. The molecule has 1 aliphatic heterocycles. The summed E-state index contributed by atoms with van der Waals surface area (Å²) in [6.07, 6.45) is 3.26. The highest BCUT2D eigenvalue weighted by molar-refractivity contribution is 5.85. The summed E-state index contributed by atoms with van der Waals surface area (Å²) in [5.41, 5.74) is 2.13. The number of fused-ring (bicyclic) bond motifs is 2. The third kappa shape index (κ3) is 4.21. The van der Waals surface area contributed by atoms with Crippen LogP contribution in [0.2, 0.25) is 0 Å². The number of benzene rings is 2. The molecule has 7 heteroatoms. The lowest BCUT2D eigenvalue weighted by molar-refractivity contribution is 0.171. The Balaban J connectivity index is 1.79. The molecule has 1 aliphatic rings. The zero-order chi connectivity index (χ0) is 22.0. The highest BCUT2D eigenvalue weighted by Crippen LogP contribution is 2.34. The molecule has 0 radical (unpaired) electrons. The van der Waals surface area contributed by atoms with E-state index < -0.39 is 6.09 Å². The van der Waals surface area contributed by atoms with Gasteiger partial charge in [0, 0.05) is 26.6 Å². The molecule has 2 aromatic carbocycles. The molecule has 2 heterocycles. The minimum Gasteiger partial charge on any atom is -0.490 e. The average molecular weight is 423 g/mol. The SMILES string of the molecule is CCCc1cc2c(=O)c(-c3ccc4c(c3)OCCCO4)coc2cc1OC(=O)N(C)C. The fourth-order valence-corrected chi connectivity index (χ4v) is 3.48. The predicted octanol–water partition coefficient (Wildman–Crippen LogP) is 4.63. The quantitative estimate of drug-likeness (QED) is 0.609. The van der Waals surface area contributed by atoms with Crippen LogP contribution in [0, 0.1) is 0 Å². The van der Waals surface area contributed by atoms with Gasteiger partial charge in [-0.2, -0.15) is 0 Å². The summed E-state index contributed by atoms with van der Waals surface area (Å²) in [5.74, 6) is 1.69. The van der Waals surface area contributed by atoms with Crippen molar-refractivity contribution in [1.82, 2.24) is 4.90 Å². The molecule has 0 atom stereocenters. The number of hydrogen-bond acceptors (Lipinski definition) is 6. The Kier molecular flexibility index (Phi) is 5.84. The minimum absolute atomic E-state index is 0.154. The molecule has 0 aliphatic carbocycles. The molecule has 0 spiro atoms. The standard InChI is InChI=1S/C24H25NO6/c1-4-6-16-11-17-21(13-20(16)31-24(27)25(2)3)30-14-18(23(17)26)15-7-8-19-22(12-15)29-10-5-9-28-19/h7-8,11-14H,4-6,9-10H2,1-3H3. The topological polar surface area (TPSA) is 78.2 Å². The molecule has 162 valence electrons. The van der Waals surface area contributed by atoms with Gasteiger partial charge in [0.15, 0.2) is 11.5 Å². The van der Waals surface area contributed by atoms with E-state index in [2.05, 4.69) is 0 Å². The van der Waals surface area contributed by atoms with E-state index in [1.165, 1.54) is 11.2 Å². The predicted molar refractivity (Wildman–Crippen MR) is 117 cm³/mol. The molecule has 0 bridgehead atoms. The lowest BCUT2D eigenvalue weighted by Crippen LogP contribution is -2.25. The molecule has 3 aromatic rings.